The third-order valence-electron chi connectivity index (χ3n) is 3.21. The molecule has 1 aromatic rings. The van der Waals surface area contributed by atoms with Crippen LogP contribution in [0.2, 0.25) is 0 Å². The summed E-state index contributed by atoms with van der Waals surface area (Å²) >= 11 is 0. The van der Waals surface area contributed by atoms with Crippen LogP contribution in [0.1, 0.15) is 34.8 Å². The number of rotatable bonds is 4. The Balaban J connectivity index is 2.14. The predicted molar refractivity (Wildman–Crippen MR) is 74.0 cm³/mol. The lowest BCUT2D eigenvalue weighted by molar-refractivity contribution is -0.143. The van der Waals surface area contributed by atoms with E-state index in [2.05, 4.69) is 0 Å². The molecule has 2 amide bonds. The van der Waals surface area contributed by atoms with Gasteiger partial charge in [-0.05, 0) is 13.8 Å². The number of carbonyl (C=O) groups excluding carboxylic acids is 2. The molecule has 0 radical (unpaired) electrons. The van der Waals surface area contributed by atoms with E-state index in [1.165, 1.54) is 12.3 Å². The number of morpholine rings is 1. The fourth-order valence-corrected chi connectivity index (χ4v) is 2.48. The van der Waals surface area contributed by atoms with E-state index >= 15 is 0 Å². The van der Waals surface area contributed by atoms with Gasteiger partial charge in [0.1, 0.15) is 6.26 Å². The highest BCUT2D eigenvalue weighted by Gasteiger charge is 2.36. The molecule has 7 heteroatoms. The summed E-state index contributed by atoms with van der Waals surface area (Å²) in [5.74, 6) is -0.948. The molecule has 21 heavy (non-hydrogen) atoms. The van der Waals surface area contributed by atoms with Crippen molar-refractivity contribution in [3.05, 3.63) is 23.7 Å². The maximum atomic E-state index is 12.5. The second-order valence-electron chi connectivity index (χ2n) is 5.70. The summed E-state index contributed by atoms with van der Waals surface area (Å²) in [6, 6.07) is 1.36. The molecule has 0 spiro atoms. The Hall–Kier alpha value is -1.86. The molecule has 1 fully saturated rings. The van der Waals surface area contributed by atoms with Crippen molar-refractivity contribution in [3.63, 3.8) is 0 Å². The minimum absolute atomic E-state index is 0.0284. The molecule has 1 aliphatic heterocycles. The highest BCUT2D eigenvalue weighted by atomic mass is 16.5. The van der Waals surface area contributed by atoms with Crippen LogP contribution in [-0.4, -0.2) is 55.2 Å². The lowest BCUT2D eigenvalue weighted by Gasteiger charge is -2.42. The summed E-state index contributed by atoms with van der Waals surface area (Å²) in [5.41, 5.74) is 4.95. The molecule has 1 saturated heterocycles. The Labute approximate surface area is 123 Å². The van der Waals surface area contributed by atoms with Gasteiger partial charge < -0.3 is 24.5 Å². The molecule has 2 rings (SSSR count). The first-order valence-electron chi connectivity index (χ1n) is 6.67. The van der Waals surface area contributed by atoms with E-state index in [1.54, 1.807) is 12.0 Å². The average molecular weight is 296 g/mol. The highest BCUT2D eigenvalue weighted by Crippen LogP contribution is 2.23. The minimum atomic E-state index is -0.700. The molecular formula is C14H20N2O5. The summed E-state index contributed by atoms with van der Waals surface area (Å²) in [5, 5.41) is 0. The van der Waals surface area contributed by atoms with E-state index in [0.29, 0.717) is 25.3 Å². The fraction of sp³-hybridized carbons (Fsp3) is 0.571. The van der Waals surface area contributed by atoms with Gasteiger partial charge in [0.2, 0.25) is 0 Å². The SMILES string of the molecule is COCC1CN(C(=O)c2coc(C(N)=O)c2)CC(C)(C)O1. The summed E-state index contributed by atoms with van der Waals surface area (Å²) in [7, 11) is 1.59. The molecule has 0 saturated carbocycles. The van der Waals surface area contributed by atoms with Crippen molar-refractivity contribution in [2.45, 2.75) is 25.6 Å². The number of carbonyl (C=O) groups is 2. The monoisotopic (exact) mass is 296 g/mol. The minimum Gasteiger partial charge on any atom is -0.458 e. The Morgan fingerprint density at radius 1 is 1.52 bits per heavy atom. The number of amides is 2. The van der Waals surface area contributed by atoms with Crippen molar-refractivity contribution in [2.75, 3.05) is 26.8 Å². The third-order valence-corrected chi connectivity index (χ3v) is 3.21. The van der Waals surface area contributed by atoms with Crippen LogP contribution >= 0.6 is 0 Å². The zero-order valence-electron chi connectivity index (χ0n) is 12.4. The Morgan fingerprint density at radius 2 is 2.24 bits per heavy atom. The van der Waals surface area contributed by atoms with Crippen molar-refractivity contribution >= 4 is 11.8 Å². The van der Waals surface area contributed by atoms with Gasteiger partial charge in [0.25, 0.3) is 11.8 Å². The number of methoxy groups -OCH3 is 1. The molecule has 2 N–H and O–H groups in total. The number of hydrogen-bond donors (Lipinski definition) is 1. The number of ether oxygens (including phenoxy) is 2. The molecule has 0 aliphatic carbocycles. The van der Waals surface area contributed by atoms with Gasteiger partial charge in [-0.1, -0.05) is 0 Å². The van der Waals surface area contributed by atoms with Crippen LogP contribution in [0.5, 0.6) is 0 Å². The van der Waals surface area contributed by atoms with E-state index in [9.17, 15) is 9.59 Å². The predicted octanol–water partition coefficient (Wildman–Crippen LogP) is 0.644. The van der Waals surface area contributed by atoms with Gasteiger partial charge in [0.05, 0.1) is 23.9 Å². The molecular weight excluding hydrogens is 276 g/mol. The Morgan fingerprint density at radius 3 is 2.81 bits per heavy atom. The van der Waals surface area contributed by atoms with Gasteiger partial charge in [-0.25, -0.2) is 0 Å². The number of nitrogens with two attached hydrogens (primary N) is 1. The molecule has 0 aromatic carbocycles. The van der Waals surface area contributed by atoms with Gasteiger partial charge in [0.15, 0.2) is 5.76 Å². The second-order valence-corrected chi connectivity index (χ2v) is 5.70. The molecule has 0 bridgehead atoms. The first kappa shape index (κ1) is 15.5. The van der Waals surface area contributed by atoms with Gasteiger partial charge in [-0.15, -0.1) is 0 Å². The second kappa shape index (κ2) is 5.87. The highest BCUT2D eigenvalue weighted by molar-refractivity contribution is 5.97. The largest absolute Gasteiger partial charge is 0.458 e. The number of hydrogen-bond acceptors (Lipinski definition) is 5. The smallest absolute Gasteiger partial charge is 0.284 e. The van der Waals surface area contributed by atoms with Crippen LogP contribution in [0.25, 0.3) is 0 Å². The number of nitrogens with zero attached hydrogens (tertiary/aromatic N) is 1. The van der Waals surface area contributed by atoms with Crippen LogP contribution < -0.4 is 5.73 Å². The quantitative estimate of drug-likeness (QED) is 0.880. The lowest BCUT2D eigenvalue weighted by Crippen LogP contribution is -2.55. The Kier molecular flexibility index (Phi) is 4.34. The van der Waals surface area contributed by atoms with Crippen LogP contribution in [0.4, 0.5) is 0 Å². The number of primary amides is 1. The molecule has 1 unspecified atom stereocenters. The fourth-order valence-electron chi connectivity index (χ4n) is 2.48. The zero-order chi connectivity index (χ0) is 15.6. The topological polar surface area (TPSA) is 95.0 Å². The van der Waals surface area contributed by atoms with Gasteiger partial charge in [-0.3, -0.25) is 9.59 Å². The number of furan rings is 1. The van der Waals surface area contributed by atoms with Crippen molar-refractivity contribution in [2.24, 2.45) is 5.73 Å². The van der Waals surface area contributed by atoms with Gasteiger partial charge >= 0.3 is 0 Å². The molecule has 2 heterocycles. The van der Waals surface area contributed by atoms with E-state index in [-0.39, 0.29) is 17.8 Å². The van der Waals surface area contributed by atoms with Crippen LogP contribution in [0.15, 0.2) is 16.7 Å². The maximum absolute atomic E-state index is 12.5. The van der Waals surface area contributed by atoms with Crippen LogP contribution in [0.3, 0.4) is 0 Å². The summed E-state index contributed by atoms with van der Waals surface area (Å²) in [6.07, 6.45) is 1.06. The summed E-state index contributed by atoms with van der Waals surface area (Å²) in [4.78, 5) is 25.2. The third kappa shape index (κ3) is 3.62. The normalized spacial score (nSPS) is 21.3. The average Bonchev–Trinajstić information content (AvgIpc) is 2.86. The van der Waals surface area contributed by atoms with Crippen molar-refractivity contribution in [1.29, 1.82) is 0 Å². The zero-order valence-corrected chi connectivity index (χ0v) is 12.4. The van der Waals surface area contributed by atoms with Crippen LogP contribution in [-0.2, 0) is 9.47 Å². The molecule has 1 atom stereocenters. The first-order chi connectivity index (χ1) is 9.82. The van der Waals surface area contributed by atoms with Crippen molar-refractivity contribution in [3.8, 4) is 0 Å². The van der Waals surface area contributed by atoms with E-state index < -0.39 is 11.5 Å². The van der Waals surface area contributed by atoms with Gasteiger partial charge in [-0.2, -0.15) is 0 Å². The summed E-state index contributed by atoms with van der Waals surface area (Å²) in [6.45, 7) is 5.11. The molecule has 1 aliphatic rings. The summed E-state index contributed by atoms with van der Waals surface area (Å²) < 4.78 is 15.9. The van der Waals surface area contributed by atoms with E-state index in [1.807, 2.05) is 13.8 Å². The lowest BCUT2D eigenvalue weighted by atomic mass is 10.0. The molecule has 1 aromatic heterocycles. The van der Waals surface area contributed by atoms with Crippen molar-refractivity contribution < 1.29 is 23.5 Å². The van der Waals surface area contributed by atoms with Crippen LogP contribution in [0, 0.1) is 0 Å². The first-order valence-corrected chi connectivity index (χ1v) is 6.67. The molecule has 7 nitrogen and oxygen atoms in total. The standard InChI is InChI=1S/C14H20N2O5/c1-14(2)8-16(5-10(21-14)7-19-3)13(18)9-4-11(12(15)17)20-6-9/h4,6,10H,5,7-8H2,1-3H3,(H2,15,17). The van der Waals surface area contributed by atoms with E-state index in [0.717, 1.165) is 0 Å². The Bertz CT molecular complexity index is 537. The van der Waals surface area contributed by atoms with Crippen molar-refractivity contribution in [1.82, 2.24) is 4.90 Å². The molecule has 116 valence electrons. The van der Waals surface area contributed by atoms with Gasteiger partial charge in [0, 0.05) is 26.3 Å². The van der Waals surface area contributed by atoms with E-state index in [4.69, 9.17) is 19.6 Å². The maximum Gasteiger partial charge on any atom is 0.284 e.